The molecule has 0 saturated heterocycles. The van der Waals surface area contributed by atoms with Crippen molar-refractivity contribution in [3.8, 4) is 0 Å². The van der Waals surface area contributed by atoms with E-state index in [1.807, 2.05) is 25.1 Å². The molecule has 0 aliphatic rings. The number of nitrogens with one attached hydrogen (secondary N) is 1. The number of rotatable bonds is 5. The first-order valence-corrected chi connectivity index (χ1v) is 8.43. The minimum absolute atomic E-state index is 0.0776. The fourth-order valence-corrected chi connectivity index (χ4v) is 3.59. The zero-order valence-electron chi connectivity index (χ0n) is 12.0. The number of hydrogen-bond donors (Lipinski definition) is 2. The van der Waals surface area contributed by atoms with Crippen LogP contribution in [0.25, 0.3) is 0 Å². The maximum Gasteiger partial charge on any atom is 0.251 e. The molecule has 0 aliphatic carbocycles. The molecule has 0 aliphatic heterocycles. The minimum atomic E-state index is -0.117. The van der Waals surface area contributed by atoms with Crippen LogP contribution in [-0.4, -0.2) is 9.97 Å². The fraction of sp³-hybridized carbons (Fsp3) is 0.333. The Labute approximate surface area is 136 Å². The number of nitrogens with two attached hydrogens (primary N) is 1. The van der Waals surface area contributed by atoms with E-state index in [1.165, 1.54) is 11.8 Å². The molecular formula is C15H18BrN3OS. The van der Waals surface area contributed by atoms with Gasteiger partial charge >= 0.3 is 0 Å². The summed E-state index contributed by atoms with van der Waals surface area (Å²) in [6, 6.07) is 7.43. The minimum Gasteiger partial charge on any atom is -0.324 e. The van der Waals surface area contributed by atoms with Gasteiger partial charge in [0, 0.05) is 27.2 Å². The van der Waals surface area contributed by atoms with E-state index < -0.39 is 0 Å². The standard InChI is InChI=1S/C15H18BrN3OS/c1-3-4-11-8-14(20)19-15(18-11)21-13-7-10(16)5-6-12(13)9(2)17/h5-9H,3-4,17H2,1-2H3,(H,18,19,20). The van der Waals surface area contributed by atoms with E-state index in [0.29, 0.717) is 5.16 Å². The summed E-state index contributed by atoms with van der Waals surface area (Å²) in [7, 11) is 0. The summed E-state index contributed by atoms with van der Waals surface area (Å²) in [5.74, 6) is 0. The quantitative estimate of drug-likeness (QED) is 0.791. The zero-order chi connectivity index (χ0) is 15.4. The lowest BCUT2D eigenvalue weighted by Crippen LogP contribution is -2.10. The van der Waals surface area contributed by atoms with Gasteiger partial charge in [-0.3, -0.25) is 4.79 Å². The highest BCUT2D eigenvalue weighted by molar-refractivity contribution is 9.10. The molecule has 3 N–H and O–H groups in total. The number of nitrogens with zero attached hydrogens (tertiary/aromatic N) is 1. The molecule has 0 amide bonds. The summed E-state index contributed by atoms with van der Waals surface area (Å²) in [5.41, 5.74) is 7.74. The predicted octanol–water partition coefficient (Wildman–Crippen LogP) is 3.66. The van der Waals surface area contributed by atoms with Crippen LogP contribution in [0.4, 0.5) is 0 Å². The van der Waals surface area contributed by atoms with Gasteiger partial charge in [0.15, 0.2) is 5.16 Å². The monoisotopic (exact) mass is 367 g/mol. The van der Waals surface area contributed by atoms with Gasteiger partial charge in [0.1, 0.15) is 0 Å². The third kappa shape index (κ3) is 4.43. The Kier molecular flexibility index (Phi) is 5.61. The molecular weight excluding hydrogens is 350 g/mol. The van der Waals surface area contributed by atoms with Gasteiger partial charge in [0.05, 0.1) is 0 Å². The third-order valence-corrected chi connectivity index (χ3v) is 4.41. The van der Waals surface area contributed by atoms with Crippen LogP contribution in [0.5, 0.6) is 0 Å². The molecule has 0 spiro atoms. The van der Waals surface area contributed by atoms with E-state index in [-0.39, 0.29) is 11.6 Å². The van der Waals surface area contributed by atoms with Crippen molar-refractivity contribution in [3.63, 3.8) is 0 Å². The van der Waals surface area contributed by atoms with Crippen molar-refractivity contribution in [2.45, 2.75) is 42.8 Å². The highest BCUT2D eigenvalue weighted by Gasteiger charge is 2.11. The first-order chi connectivity index (χ1) is 9.99. The third-order valence-electron chi connectivity index (χ3n) is 2.95. The summed E-state index contributed by atoms with van der Waals surface area (Å²) in [5, 5.41) is 0.603. The lowest BCUT2D eigenvalue weighted by Gasteiger charge is -2.12. The van der Waals surface area contributed by atoms with Crippen LogP contribution in [0.1, 0.15) is 37.6 Å². The van der Waals surface area contributed by atoms with Gasteiger partial charge in [-0.15, -0.1) is 0 Å². The van der Waals surface area contributed by atoms with Crippen molar-refractivity contribution in [2.75, 3.05) is 0 Å². The smallest absolute Gasteiger partial charge is 0.251 e. The maximum absolute atomic E-state index is 11.7. The summed E-state index contributed by atoms with van der Waals surface area (Å²) in [4.78, 5) is 20.0. The first-order valence-electron chi connectivity index (χ1n) is 6.82. The van der Waals surface area contributed by atoms with Crippen LogP contribution in [-0.2, 0) is 6.42 Å². The Morgan fingerprint density at radius 2 is 2.19 bits per heavy atom. The molecule has 2 rings (SSSR count). The maximum atomic E-state index is 11.7. The number of H-pyrrole nitrogens is 1. The zero-order valence-corrected chi connectivity index (χ0v) is 14.4. The fourth-order valence-electron chi connectivity index (χ4n) is 1.99. The van der Waals surface area contributed by atoms with Crippen LogP contribution in [0, 0.1) is 0 Å². The Bertz CT molecular complexity index is 685. The molecule has 1 aromatic carbocycles. The molecule has 0 fully saturated rings. The second kappa shape index (κ2) is 7.24. The first kappa shape index (κ1) is 16.3. The molecule has 1 aromatic heterocycles. The largest absolute Gasteiger partial charge is 0.324 e. The van der Waals surface area contributed by atoms with E-state index in [2.05, 4.69) is 32.8 Å². The normalized spacial score (nSPS) is 12.4. The number of aromatic amines is 1. The summed E-state index contributed by atoms with van der Waals surface area (Å²) >= 11 is 4.90. The molecule has 6 heteroatoms. The number of benzene rings is 1. The van der Waals surface area contributed by atoms with Gasteiger partial charge in [0.25, 0.3) is 5.56 Å². The summed E-state index contributed by atoms with van der Waals surface area (Å²) < 4.78 is 0.974. The summed E-state index contributed by atoms with van der Waals surface area (Å²) in [6.45, 7) is 4.01. The number of aromatic nitrogens is 2. The Morgan fingerprint density at radius 3 is 2.86 bits per heavy atom. The average molecular weight is 368 g/mol. The molecule has 0 bridgehead atoms. The van der Waals surface area contributed by atoms with E-state index in [1.54, 1.807) is 6.07 Å². The lowest BCUT2D eigenvalue weighted by molar-refractivity contribution is 0.792. The van der Waals surface area contributed by atoms with Crippen LogP contribution < -0.4 is 11.3 Å². The molecule has 1 atom stereocenters. The van der Waals surface area contributed by atoms with Crippen molar-refractivity contribution in [3.05, 3.63) is 50.3 Å². The van der Waals surface area contributed by atoms with Crippen molar-refractivity contribution in [1.29, 1.82) is 0 Å². The number of hydrogen-bond acceptors (Lipinski definition) is 4. The van der Waals surface area contributed by atoms with Crippen molar-refractivity contribution >= 4 is 27.7 Å². The highest BCUT2D eigenvalue weighted by Crippen LogP contribution is 2.32. The Hall–Kier alpha value is -1.11. The van der Waals surface area contributed by atoms with Gasteiger partial charge in [-0.25, -0.2) is 4.98 Å². The van der Waals surface area contributed by atoms with E-state index in [0.717, 1.165) is 33.5 Å². The summed E-state index contributed by atoms with van der Waals surface area (Å²) in [6.07, 6.45) is 1.76. The van der Waals surface area contributed by atoms with Crippen molar-refractivity contribution in [2.24, 2.45) is 5.73 Å². The highest BCUT2D eigenvalue weighted by atomic mass is 79.9. The van der Waals surface area contributed by atoms with Gasteiger partial charge < -0.3 is 10.7 Å². The van der Waals surface area contributed by atoms with Crippen molar-refractivity contribution in [1.82, 2.24) is 9.97 Å². The number of aryl methyl sites for hydroxylation is 1. The molecule has 4 nitrogen and oxygen atoms in total. The van der Waals surface area contributed by atoms with Gasteiger partial charge in [-0.05, 0) is 31.0 Å². The van der Waals surface area contributed by atoms with Crippen LogP contribution >= 0.6 is 27.7 Å². The van der Waals surface area contributed by atoms with E-state index in [9.17, 15) is 4.79 Å². The lowest BCUT2D eigenvalue weighted by atomic mass is 10.1. The molecule has 112 valence electrons. The van der Waals surface area contributed by atoms with Crippen LogP contribution in [0.15, 0.2) is 43.6 Å². The van der Waals surface area contributed by atoms with Crippen molar-refractivity contribution < 1.29 is 0 Å². The Balaban J connectivity index is 2.38. The molecule has 0 radical (unpaired) electrons. The molecule has 21 heavy (non-hydrogen) atoms. The SMILES string of the molecule is CCCc1cc(=O)[nH]c(Sc2cc(Br)ccc2C(C)N)n1. The predicted molar refractivity (Wildman–Crippen MR) is 89.7 cm³/mol. The Morgan fingerprint density at radius 1 is 1.43 bits per heavy atom. The van der Waals surface area contributed by atoms with Crippen LogP contribution in [0.2, 0.25) is 0 Å². The van der Waals surface area contributed by atoms with E-state index in [4.69, 9.17) is 5.73 Å². The van der Waals surface area contributed by atoms with Gasteiger partial charge in [-0.1, -0.05) is 47.1 Å². The van der Waals surface area contributed by atoms with E-state index >= 15 is 0 Å². The second-order valence-electron chi connectivity index (χ2n) is 4.86. The molecule has 1 heterocycles. The average Bonchev–Trinajstić information content (AvgIpc) is 2.38. The number of halogens is 1. The van der Waals surface area contributed by atoms with Gasteiger partial charge in [-0.2, -0.15) is 0 Å². The topological polar surface area (TPSA) is 71.8 Å². The molecule has 0 saturated carbocycles. The second-order valence-corrected chi connectivity index (χ2v) is 6.81. The molecule has 1 unspecified atom stereocenters. The van der Waals surface area contributed by atoms with Crippen LogP contribution in [0.3, 0.4) is 0 Å². The van der Waals surface area contributed by atoms with Gasteiger partial charge in [0.2, 0.25) is 0 Å². The molecule has 2 aromatic rings.